The highest BCUT2D eigenvalue weighted by atomic mass is 35.5. The molecule has 0 bridgehead atoms. The molecule has 0 saturated heterocycles. The lowest BCUT2D eigenvalue weighted by Gasteiger charge is -2.21. The summed E-state index contributed by atoms with van der Waals surface area (Å²) in [4.78, 5) is 12.1. The van der Waals surface area contributed by atoms with Gasteiger partial charge in [-0.3, -0.25) is 4.79 Å². The molecule has 0 aromatic rings. The number of carbonyl (C=O) groups is 1. The summed E-state index contributed by atoms with van der Waals surface area (Å²) in [6.45, 7) is 7.84. The van der Waals surface area contributed by atoms with Crippen molar-refractivity contribution in [3.05, 3.63) is 12.7 Å². The van der Waals surface area contributed by atoms with Gasteiger partial charge in [0.15, 0.2) is 0 Å². The van der Waals surface area contributed by atoms with E-state index in [2.05, 4.69) is 6.58 Å². The smallest absolute Gasteiger partial charge is 0.316 e. The number of carbonyl (C=O) groups excluding carboxylic acids is 1. The Kier molecular flexibility index (Phi) is 4.12. The molecule has 3 heteroatoms. The van der Waals surface area contributed by atoms with Crippen molar-refractivity contribution in [2.24, 2.45) is 0 Å². The number of hydrogen-bond acceptors (Lipinski definition) is 1. The summed E-state index contributed by atoms with van der Waals surface area (Å²) < 4.78 is 0. The molecule has 58 valence electrons. The number of hydrogen-bond donors (Lipinski definition) is 0. The van der Waals surface area contributed by atoms with Crippen LogP contribution in [0.5, 0.6) is 0 Å². The first-order valence-corrected chi connectivity index (χ1v) is 3.54. The maximum absolute atomic E-state index is 10.6. The molecule has 0 aliphatic carbocycles. The van der Waals surface area contributed by atoms with Gasteiger partial charge < -0.3 is 4.90 Å². The summed E-state index contributed by atoms with van der Waals surface area (Å²) in [5.74, 6) is 0. The van der Waals surface area contributed by atoms with Crippen LogP contribution in [0.2, 0.25) is 0 Å². The predicted molar refractivity (Wildman–Crippen MR) is 43.3 cm³/mol. The Hall–Kier alpha value is -0.500. The minimum absolute atomic E-state index is 0.142. The van der Waals surface area contributed by atoms with E-state index in [1.807, 2.05) is 13.8 Å². The normalized spacial score (nSPS) is 9.60. The number of halogens is 1. The molecule has 0 saturated carbocycles. The third-order valence-electron chi connectivity index (χ3n) is 1.17. The van der Waals surface area contributed by atoms with Gasteiger partial charge in [-0.15, -0.1) is 6.58 Å². The molecule has 0 N–H and O–H groups in total. The zero-order valence-corrected chi connectivity index (χ0v) is 7.06. The van der Waals surface area contributed by atoms with E-state index in [1.165, 1.54) is 4.90 Å². The van der Waals surface area contributed by atoms with Crippen molar-refractivity contribution in [1.82, 2.24) is 4.90 Å². The van der Waals surface area contributed by atoms with Gasteiger partial charge in [0.2, 0.25) is 0 Å². The van der Waals surface area contributed by atoms with Gasteiger partial charge >= 0.3 is 5.37 Å². The molecule has 0 aliphatic heterocycles. The van der Waals surface area contributed by atoms with Gasteiger partial charge in [0.05, 0.1) is 0 Å². The summed E-state index contributed by atoms with van der Waals surface area (Å²) in [5, 5.41) is -0.421. The molecule has 0 atom stereocenters. The number of nitrogens with zero attached hydrogens (tertiary/aromatic N) is 1. The van der Waals surface area contributed by atoms with Crippen LogP contribution in [-0.2, 0) is 0 Å². The number of amides is 1. The maximum atomic E-state index is 10.6. The van der Waals surface area contributed by atoms with Crippen molar-refractivity contribution in [3.8, 4) is 0 Å². The fourth-order valence-electron chi connectivity index (χ4n) is 0.625. The van der Waals surface area contributed by atoms with E-state index < -0.39 is 5.37 Å². The van der Waals surface area contributed by atoms with Crippen LogP contribution in [0.15, 0.2) is 12.7 Å². The van der Waals surface area contributed by atoms with Crippen molar-refractivity contribution >= 4 is 17.0 Å². The van der Waals surface area contributed by atoms with Crippen molar-refractivity contribution in [3.63, 3.8) is 0 Å². The molecule has 1 amide bonds. The van der Waals surface area contributed by atoms with Crippen LogP contribution in [0.3, 0.4) is 0 Å². The van der Waals surface area contributed by atoms with Crippen LogP contribution in [-0.4, -0.2) is 22.9 Å². The molecule has 2 nitrogen and oxygen atoms in total. The molecule has 0 aliphatic rings. The van der Waals surface area contributed by atoms with E-state index in [-0.39, 0.29) is 6.04 Å². The predicted octanol–water partition coefficient (Wildman–Crippen LogP) is 2.24. The topological polar surface area (TPSA) is 20.3 Å². The largest absolute Gasteiger partial charge is 0.323 e. The monoisotopic (exact) mass is 161 g/mol. The highest BCUT2D eigenvalue weighted by Crippen LogP contribution is 2.02. The van der Waals surface area contributed by atoms with Crippen LogP contribution in [0, 0.1) is 0 Å². The highest BCUT2D eigenvalue weighted by molar-refractivity contribution is 6.62. The van der Waals surface area contributed by atoms with Gasteiger partial charge in [-0.05, 0) is 25.4 Å². The van der Waals surface area contributed by atoms with E-state index >= 15 is 0 Å². The third-order valence-corrected chi connectivity index (χ3v) is 1.39. The quantitative estimate of drug-likeness (QED) is 0.353. The minimum atomic E-state index is -0.421. The fourth-order valence-corrected chi connectivity index (χ4v) is 0.889. The summed E-state index contributed by atoms with van der Waals surface area (Å²) in [5.41, 5.74) is 0. The zero-order valence-electron chi connectivity index (χ0n) is 6.30. The van der Waals surface area contributed by atoms with Gasteiger partial charge in [0, 0.05) is 12.6 Å². The van der Waals surface area contributed by atoms with Crippen LogP contribution >= 0.6 is 11.6 Å². The van der Waals surface area contributed by atoms with E-state index in [0.29, 0.717) is 6.54 Å². The van der Waals surface area contributed by atoms with Crippen LogP contribution in [0.1, 0.15) is 13.8 Å². The molecule has 0 rings (SSSR count). The molecule has 0 aromatic carbocycles. The molecule has 0 radical (unpaired) electrons. The van der Waals surface area contributed by atoms with Crippen LogP contribution in [0.25, 0.3) is 0 Å². The fraction of sp³-hybridized carbons (Fsp3) is 0.571. The minimum Gasteiger partial charge on any atom is -0.323 e. The Morgan fingerprint density at radius 2 is 2.30 bits per heavy atom. The third kappa shape index (κ3) is 2.87. The molecule has 0 spiro atoms. The van der Waals surface area contributed by atoms with Crippen molar-refractivity contribution < 1.29 is 4.79 Å². The first-order chi connectivity index (χ1) is 4.59. The average Bonchev–Trinajstić information content (AvgIpc) is 1.81. The zero-order chi connectivity index (χ0) is 8.15. The Morgan fingerprint density at radius 3 is 2.40 bits per heavy atom. The summed E-state index contributed by atoms with van der Waals surface area (Å²) in [7, 11) is 0. The average molecular weight is 162 g/mol. The Labute approximate surface area is 66.5 Å². The molecule has 10 heavy (non-hydrogen) atoms. The highest BCUT2D eigenvalue weighted by Gasteiger charge is 2.11. The van der Waals surface area contributed by atoms with E-state index in [1.54, 1.807) is 6.08 Å². The van der Waals surface area contributed by atoms with E-state index in [9.17, 15) is 4.79 Å². The molecule has 0 fully saturated rings. The van der Waals surface area contributed by atoms with Crippen LogP contribution < -0.4 is 0 Å². The van der Waals surface area contributed by atoms with Gasteiger partial charge in [-0.25, -0.2) is 0 Å². The van der Waals surface area contributed by atoms with Gasteiger partial charge in [-0.2, -0.15) is 0 Å². The Balaban J connectivity index is 3.97. The lowest BCUT2D eigenvalue weighted by Crippen LogP contribution is -2.32. The summed E-state index contributed by atoms with van der Waals surface area (Å²) in [6.07, 6.45) is 1.65. The first-order valence-electron chi connectivity index (χ1n) is 3.16. The van der Waals surface area contributed by atoms with Crippen molar-refractivity contribution in [1.29, 1.82) is 0 Å². The van der Waals surface area contributed by atoms with E-state index in [0.717, 1.165) is 0 Å². The standard InChI is InChI=1S/C7H12ClNO/c1-4-5-9(6(2)3)7(8)10/h4,6H,1,5H2,2-3H3. The number of rotatable bonds is 3. The lowest BCUT2D eigenvalue weighted by atomic mass is 10.3. The molecule has 0 unspecified atom stereocenters. The lowest BCUT2D eigenvalue weighted by molar-refractivity contribution is 0.214. The molecular weight excluding hydrogens is 150 g/mol. The molecular formula is C7H12ClNO. The Bertz CT molecular complexity index is 134. The first kappa shape index (κ1) is 9.50. The van der Waals surface area contributed by atoms with Crippen molar-refractivity contribution in [2.45, 2.75) is 19.9 Å². The Morgan fingerprint density at radius 1 is 1.80 bits per heavy atom. The SMILES string of the molecule is C=CCN(C(=O)Cl)C(C)C. The maximum Gasteiger partial charge on any atom is 0.316 e. The molecule has 0 heterocycles. The second-order valence-corrected chi connectivity index (χ2v) is 2.61. The molecule has 0 aromatic heterocycles. The van der Waals surface area contributed by atoms with Gasteiger partial charge in [0.1, 0.15) is 0 Å². The van der Waals surface area contributed by atoms with E-state index in [4.69, 9.17) is 11.6 Å². The summed E-state index contributed by atoms with van der Waals surface area (Å²) in [6, 6.07) is 0.142. The second-order valence-electron chi connectivity index (χ2n) is 2.29. The summed E-state index contributed by atoms with van der Waals surface area (Å²) >= 11 is 5.26. The van der Waals surface area contributed by atoms with Gasteiger partial charge in [0.25, 0.3) is 0 Å². The van der Waals surface area contributed by atoms with Crippen LogP contribution in [0.4, 0.5) is 4.79 Å². The van der Waals surface area contributed by atoms with Gasteiger partial charge in [-0.1, -0.05) is 6.08 Å². The van der Waals surface area contributed by atoms with Crippen molar-refractivity contribution in [2.75, 3.05) is 6.54 Å². The second kappa shape index (κ2) is 4.34.